The molecular formula is C27H32O5. The van der Waals surface area contributed by atoms with Crippen LogP contribution in [0.3, 0.4) is 0 Å². The van der Waals surface area contributed by atoms with Crippen molar-refractivity contribution in [2.45, 2.75) is 72.0 Å². The maximum Gasteiger partial charge on any atom is 0.342 e. The van der Waals surface area contributed by atoms with Crippen molar-refractivity contribution >= 4 is 17.8 Å². The van der Waals surface area contributed by atoms with Gasteiger partial charge >= 0.3 is 5.97 Å². The van der Waals surface area contributed by atoms with Gasteiger partial charge in [-0.2, -0.15) is 0 Å². The Kier molecular flexibility index (Phi) is 8.09. The van der Waals surface area contributed by atoms with Crippen LogP contribution in [0.5, 0.6) is 11.5 Å². The lowest BCUT2D eigenvalue weighted by Gasteiger charge is -2.17. The van der Waals surface area contributed by atoms with Crippen LogP contribution in [0.4, 0.5) is 0 Å². The van der Waals surface area contributed by atoms with Crippen LogP contribution in [-0.2, 0) is 16.1 Å². The maximum atomic E-state index is 12.8. The fourth-order valence-electron chi connectivity index (χ4n) is 4.02. The summed E-state index contributed by atoms with van der Waals surface area (Å²) in [5.41, 5.74) is 4.04. The van der Waals surface area contributed by atoms with Gasteiger partial charge in [0.1, 0.15) is 29.5 Å². The number of hydrogen-bond acceptors (Lipinski definition) is 5. The third-order valence-corrected chi connectivity index (χ3v) is 5.51. The fourth-order valence-corrected chi connectivity index (χ4v) is 4.02. The van der Waals surface area contributed by atoms with E-state index in [1.54, 1.807) is 12.1 Å². The molecule has 0 saturated carbocycles. The van der Waals surface area contributed by atoms with Crippen molar-refractivity contribution in [2.24, 2.45) is 0 Å². The number of fused-ring (bicyclic) bond motifs is 1. The van der Waals surface area contributed by atoms with Crippen LogP contribution in [-0.4, -0.2) is 23.0 Å². The number of benzene rings is 2. The molecule has 1 atom stereocenters. The minimum absolute atomic E-state index is 0.139. The van der Waals surface area contributed by atoms with E-state index in [1.807, 2.05) is 26.8 Å². The van der Waals surface area contributed by atoms with Crippen LogP contribution >= 0.6 is 0 Å². The Hall–Kier alpha value is -3.08. The molecule has 170 valence electrons. The number of rotatable bonds is 3. The zero-order valence-electron chi connectivity index (χ0n) is 19.1. The van der Waals surface area contributed by atoms with E-state index in [9.17, 15) is 14.7 Å². The van der Waals surface area contributed by atoms with Crippen molar-refractivity contribution in [1.29, 1.82) is 0 Å². The van der Waals surface area contributed by atoms with E-state index >= 15 is 0 Å². The number of phenolic OH excluding ortho intramolecular Hbond substituents is 1. The molecule has 0 saturated heterocycles. The monoisotopic (exact) mass is 436 g/mol. The zero-order valence-corrected chi connectivity index (χ0v) is 19.1. The number of phenols is 1. The summed E-state index contributed by atoms with van der Waals surface area (Å²) < 4.78 is 11.5. The number of aromatic hydroxyl groups is 1. The predicted molar refractivity (Wildman–Crippen MR) is 125 cm³/mol. The summed E-state index contributed by atoms with van der Waals surface area (Å²) >= 11 is 0. The Bertz CT molecular complexity index is 985. The standard InChI is InChI=1S/C27H32O5/c1-18-12-19(2)14-21(13-18)17-31-24-15-22-9-5-4-6-10-23(28)11-7-8-20(3)32-27(30)26(22)25(29)16-24/h5,9,12-16,20,29H,4,6-8,10-11,17H2,1-3H3/t20-/m0/s1. The number of carbonyl (C=O) groups is 2. The summed E-state index contributed by atoms with van der Waals surface area (Å²) in [7, 11) is 0. The Morgan fingerprint density at radius 3 is 2.50 bits per heavy atom. The van der Waals surface area contributed by atoms with E-state index in [0.717, 1.165) is 23.1 Å². The summed E-state index contributed by atoms with van der Waals surface area (Å²) in [6.45, 7) is 6.24. The highest BCUT2D eigenvalue weighted by Gasteiger charge is 2.21. The second-order valence-electron chi connectivity index (χ2n) is 8.63. The molecule has 0 fully saturated rings. The average molecular weight is 437 g/mol. The number of carbonyl (C=O) groups excluding carboxylic acids is 2. The van der Waals surface area contributed by atoms with Crippen LogP contribution in [0.2, 0.25) is 0 Å². The molecule has 1 aliphatic heterocycles. The van der Waals surface area contributed by atoms with Gasteiger partial charge in [0, 0.05) is 18.9 Å². The van der Waals surface area contributed by atoms with Crippen LogP contribution in [0, 0.1) is 13.8 Å². The molecule has 0 amide bonds. The summed E-state index contributed by atoms with van der Waals surface area (Å²) in [4.78, 5) is 24.8. The predicted octanol–water partition coefficient (Wildman–Crippen LogP) is 6.07. The van der Waals surface area contributed by atoms with Gasteiger partial charge in [-0.25, -0.2) is 4.79 Å². The summed E-state index contributed by atoms with van der Waals surface area (Å²) in [5, 5.41) is 10.7. The SMILES string of the molecule is Cc1cc(C)cc(COc2cc(O)c3c(c2)C=CCCCC(=O)CCC[C@H](C)OC3=O)c1. The number of aryl methyl sites for hydroxylation is 2. The largest absolute Gasteiger partial charge is 0.507 e. The first-order chi connectivity index (χ1) is 15.3. The van der Waals surface area contributed by atoms with Gasteiger partial charge in [-0.05, 0) is 63.6 Å². The van der Waals surface area contributed by atoms with Gasteiger partial charge in [-0.15, -0.1) is 0 Å². The Balaban J connectivity index is 1.86. The van der Waals surface area contributed by atoms with Crippen LogP contribution in [0.25, 0.3) is 6.08 Å². The van der Waals surface area contributed by atoms with Gasteiger partial charge in [0.15, 0.2) is 0 Å². The van der Waals surface area contributed by atoms with E-state index in [4.69, 9.17) is 9.47 Å². The molecule has 1 N–H and O–H groups in total. The molecule has 2 aromatic rings. The molecule has 0 unspecified atom stereocenters. The number of esters is 1. The summed E-state index contributed by atoms with van der Waals surface area (Å²) in [5.74, 6) is -0.0164. The lowest BCUT2D eigenvalue weighted by Crippen LogP contribution is -2.17. The normalized spacial score (nSPS) is 17.9. The number of allylic oxidation sites excluding steroid dienone is 1. The summed E-state index contributed by atoms with van der Waals surface area (Å²) in [6.07, 6.45) is 7.21. The molecule has 5 nitrogen and oxygen atoms in total. The highest BCUT2D eigenvalue weighted by atomic mass is 16.5. The molecule has 0 radical (unpaired) electrons. The number of hydrogen-bond donors (Lipinski definition) is 1. The number of Topliss-reactive ketones (excluding diaryl/α,β-unsaturated/α-hetero) is 1. The van der Waals surface area contributed by atoms with E-state index < -0.39 is 5.97 Å². The molecule has 0 bridgehead atoms. The van der Waals surface area contributed by atoms with Crippen molar-refractivity contribution in [1.82, 2.24) is 0 Å². The third-order valence-electron chi connectivity index (χ3n) is 5.51. The Morgan fingerprint density at radius 2 is 1.75 bits per heavy atom. The molecule has 32 heavy (non-hydrogen) atoms. The zero-order chi connectivity index (χ0) is 23.1. The number of ketones is 1. The minimum Gasteiger partial charge on any atom is -0.507 e. The topological polar surface area (TPSA) is 72.8 Å². The molecular weight excluding hydrogens is 404 g/mol. The molecule has 3 rings (SSSR count). The van der Waals surface area contributed by atoms with Gasteiger partial charge in [-0.3, -0.25) is 4.79 Å². The van der Waals surface area contributed by atoms with Gasteiger partial charge in [0.25, 0.3) is 0 Å². The summed E-state index contributed by atoms with van der Waals surface area (Å²) in [6, 6.07) is 9.44. The van der Waals surface area contributed by atoms with E-state index in [1.165, 1.54) is 6.07 Å². The van der Waals surface area contributed by atoms with Crippen molar-refractivity contribution in [3.63, 3.8) is 0 Å². The third kappa shape index (κ3) is 6.71. The Labute approximate surface area is 190 Å². The quantitative estimate of drug-likeness (QED) is 0.591. The van der Waals surface area contributed by atoms with Crippen molar-refractivity contribution in [2.75, 3.05) is 0 Å². The average Bonchev–Trinajstić information content (AvgIpc) is 2.70. The van der Waals surface area contributed by atoms with Crippen molar-refractivity contribution in [3.05, 3.63) is 64.2 Å². The molecule has 0 aromatic heterocycles. The lowest BCUT2D eigenvalue weighted by molar-refractivity contribution is -0.119. The first-order valence-corrected chi connectivity index (χ1v) is 11.3. The molecule has 2 aromatic carbocycles. The molecule has 0 aliphatic carbocycles. The smallest absolute Gasteiger partial charge is 0.342 e. The molecule has 1 heterocycles. The van der Waals surface area contributed by atoms with Gasteiger partial charge in [-0.1, -0.05) is 41.5 Å². The Morgan fingerprint density at radius 1 is 1.03 bits per heavy atom. The first kappa shape index (κ1) is 23.6. The highest BCUT2D eigenvalue weighted by molar-refractivity contribution is 5.97. The van der Waals surface area contributed by atoms with Crippen LogP contribution < -0.4 is 4.74 Å². The second-order valence-corrected chi connectivity index (χ2v) is 8.63. The number of ether oxygens (including phenoxy) is 2. The van der Waals surface area contributed by atoms with E-state index in [0.29, 0.717) is 50.0 Å². The first-order valence-electron chi connectivity index (χ1n) is 11.3. The molecule has 1 aliphatic rings. The van der Waals surface area contributed by atoms with Crippen LogP contribution in [0.15, 0.2) is 36.4 Å². The fraction of sp³-hybridized carbons (Fsp3) is 0.407. The minimum atomic E-state index is -0.570. The van der Waals surface area contributed by atoms with E-state index in [2.05, 4.69) is 18.2 Å². The molecule has 5 heteroatoms. The van der Waals surface area contributed by atoms with Gasteiger partial charge < -0.3 is 14.6 Å². The maximum absolute atomic E-state index is 12.8. The van der Waals surface area contributed by atoms with Gasteiger partial charge in [0.05, 0.1) is 6.10 Å². The van der Waals surface area contributed by atoms with Gasteiger partial charge in [0.2, 0.25) is 0 Å². The van der Waals surface area contributed by atoms with Crippen molar-refractivity contribution < 1.29 is 24.2 Å². The second kappa shape index (κ2) is 11.0. The van der Waals surface area contributed by atoms with E-state index in [-0.39, 0.29) is 23.2 Å². The molecule has 0 spiro atoms. The highest BCUT2D eigenvalue weighted by Crippen LogP contribution is 2.31. The van der Waals surface area contributed by atoms with Crippen LogP contribution in [0.1, 0.15) is 78.1 Å². The number of cyclic esters (lactones) is 1. The lowest BCUT2D eigenvalue weighted by atomic mass is 10.0. The van der Waals surface area contributed by atoms with Crippen molar-refractivity contribution in [3.8, 4) is 11.5 Å².